The number of carboxylic acid groups (broad SMARTS) is 1. The molecule has 1 saturated heterocycles. The minimum absolute atomic E-state index is 0.387. The first kappa shape index (κ1) is 12.7. The van der Waals surface area contributed by atoms with E-state index in [1.807, 2.05) is 13.0 Å². The zero-order valence-corrected chi connectivity index (χ0v) is 10.3. The van der Waals surface area contributed by atoms with E-state index >= 15 is 0 Å². The van der Waals surface area contributed by atoms with Crippen LogP contribution < -0.4 is 0 Å². The van der Waals surface area contributed by atoms with Crippen LogP contribution in [0, 0.1) is 6.92 Å². The Morgan fingerprint density at radius 1 is 1.44 bits per heavy atom. The van der Waals surface area contributed by atoms with E-state index in [1.165, 1.54) is 6.08 Å². The number of aliphatic carboxylic acids is 1. The van der Waals surface area contributed by atoms with Crippen LogP contribution in [0.3, 0.4) is 0 Å². The third kappa shape index (κ3) is 3.37. The summed E-state index contributed by atoms with van der Waals surface area (Å²) in [7, 11) is 0. The van der Waals surface area contributed by atoms with E-state index < -0.39 is 5.97 Å². The fraction of sp³-hybridized carbons (Fsp3) is 0.462. The van der Waals surface area contributed by atoms with Gasteiger partial charge in [0.25, 0.3) is 0 Å². The molecule has 1 fully saturated rings. The van der Waals surface area contributed by atoms with Gasteiger partial charge in [-0.2, -0.15) is 0 Å². The van der Waals surface area contributed by atoms with E-state index in [1.54, 1.807) is 0 Å². The van der Waals surface area contributed by atoms with E-state index in [9.17, 15) is 4.79 Å². The summed E-state index contributed by atoms with van der Waals surface area (Å²) in [5.41, 5.74) is 1.84. The van der Waals surface area contributed by atoms with Gasteiger partial charge in [-0.05, 0) is 31.9 Å². The van der Waals surface area contributed by atoms with Crippen LogP contribution in [-0.2, 0) is 9.53 Å². The molecule has 1 aliphatic heterocycles. The number of carboxylic acids is 1. The molecule has 0 radical (unpaired) electrons. The van der Waals surface area contributed by atoms with Gasteiger partial charge in [0.15, 0.2) is 5.82 Å². The fourth-order valence-electron chi connectivity index (χ4n) is 2.04. The van der Waals surface area contributed by atoms with Crippen molar-refractivity contribution in [2.75, 3.05) is 13.2 Å². The Bertz CT molecular complexity index is 465. The molecule has 1 aliphatic rings. The van der Waals surface area contributed by atoms with Crippen molar-refractivity contribution in [3.8, 4) is 0 Å². The first-order valence-electron chi connectivity index (χ1n) is 5.99. The van der Waals surface area contributed by atoms with Crippen LogP contribution in [0.5, 0.6) is 0 Å². The highest BCUT2D eigenvalue weighted by molar-refractivity contribution is 5.84. The van der Waals surface area contributed by atoms with Gasteiger partial charge >= 0.3 is 5.97 Å². The third-order valence-electron chi connectivity index (χ3n) is 2.91. The normalized spacial score (nSPS) is 17.2. The lowest BCUT2D eigenvalue weighted by atomic mass is 9.96. The second kappa shape index (κ2) is 5.73. The number of carbonyl (C=O) groups is 1. The molecule has 0 aliphatic carbocycles. The van der Waals surface area contributed by atoms with Crippen LogP contribution in [0.1, 0.15) is 36.0 Å². The Morgan fingerprint density at radius 3 is 2.83 bits per heavy atom. The average Bonchev–Trinajstić information content (AvgIpc) is 2.37. The standard InChI is InChI=1S/C13H16N2O3/c1-9-8-11(10-4-6-18-7-5-10)15-12(14-9)2-3-13(16)17/h2-3,8,10H,4-7H2,1H3,(H,16,17)/b3-2+. The van der Waals surface area contributed by atoms with Crippen LogP contribution in [0.15, 0.2) is 12.1 Å². The summed E-state index contributed by atoms with van der Waals surface area (Å²) in [6.45, 7) is 3.41. The minimum Gasteiger partial charge on any atom is -0.478 e. The van der Waals surface area contributed by atoms with E-state index in [4.69, 9.17) is 9.84 Å². The van der Waals surface area contributed by atoms with Gasteiger partial charge in [-0.15, -0.1) is 0 Å². The van der Waals surface area contributed by atoms with Crippen molar-refractivity contribution in [1.29, 1.82) is 0 Å². The van der Waals surface area contributed by atoms with Crippen LogP contribution in [0.4, 0.5) is 0 Å². The molecule has 5 heteroatoms. The van der Waals surface area contributed by atoms with E-state index in [0.29, 0.717) is 11.7 Å². The van der Waals surface area contributed by atoms with Gasteiger partial charge in [0.05, 0.1) is 0 Å². The maximum Gasteiger partial charge on any atom is 0.328 e. The number of aromatic nitrogens is 2. The van der Waals surface area contributed by atoms with Gasteiger partial charge in [-0.1, -0.05) is 0 Å². The quantitative estimate of drug-likeness (QED) is 0.825. The molecular weight excluding hydrogens is 232 g/mol. The van der Waals surface area contributed by atoms with Crippen LogP contribution in [0.2, 0.25) is 0 Å². The molecule has 96 valence electrons. The largest absolute Gasteiger partial charge is 0.478 e. The molecule has 5 nitrogen and oxygen atoms in total. The Kier molecular flexibility index (Phi) is 4.04. The maximum atomic E-state index is 10.5. The third-order valence-corrected chi connectivity index (χ3v) is 2.91. The molecule has 0 amide bonds. The first-order chi connectivity index (χ1) is 8.65. The smallest absolute Gasteiger partial charge is 0.328 e. The molecule has 0 atom stereocenters. The van der Waals surface area contributed by atoms with Gasteiger partial charge in [-0.3, -0.25) is 0 Å². The molecule has 2 rings (SSSR count). The van der Waals surface area contributed by atoms with Gasteiger partial charge in [-0.25, -0.2) is 14.8 Å². The maximum absolute atomic E-state index is 10.5. The summed E-state index contributed by atoms with van der Waals surface area (Å²) in [6.07, 6.45) is 4.40. The van der Waals surface area contributed by atoms with Crippen molar-refractivity contribution in [3.05, 3.63) is 29.4 Å². The molecule has 1 aromatic rings. The molecule has 18 heavy (non-hydrogen) atoms. The molecule has 2 heterocycles. The molecular formula is C13H16N2O3. The summed E-state index contributed by atoms with van der Waals surface area (Å²) >= 11 is 0. The van der Waals surface area contributed by atoms with E-state index in [-0.39, 0.29) is 0 Å². The Balaban J connectivity index is 2.22. The number of hydrogen-bond acceptors (Lipinski definition) is 4. The number of nitrogens with zero attached hydrogens (tertiary/aromatic N) is 2. The number of hydrogen-bond donors (Lipinski definition) is 1. The number of ether oxygens (including phenoxy) is 1. The molecule has 0 aromatic carbocycles. The average molecular weight is 248 g/mol. The van der Waals surface area contributed by atoms with Crippen molar-refractivity contribution in [1.82, 2.24) is 9.97 Å². The van der Waals surface area contributed by atoms with Crippen molar-refractivity contribution in [3.63, 3.8) is 0 Å². The lowest BCUT2D eigenvalue weighted by molar-refractivity contribution is -0.131. The van der Waals surface area contributed by atoms with Crippen molar-refractivity contribution < 1.29 is 14.6 Å². The summed E-state index contributed by atoms with van der Waals surface area (Å²) in [6, 6.07) is 1.97. The van der Waals surface area contributed by atoms with Crippen LogP contribution >= 0.6 is 0 Å². The number of aryl methyl sites for hydroxylation is 1. The fourth-order valence-corrected chi connectivity index (χ4v) is 2.04. The van der Waals surface area contributed by atoms with Gasteiger partial charge < -0.3 is 9.84 Å². The zero-order chi connectivity index (χ0) is 13.0. The summed E-state index contributed by atoms with van der Waals surface area (Å²) in [4.78, 5) is 19.1. The topological polar surface area (TPSA) is 72.3 Å². The summed E-state index contributed by atoms with van der Waals surface area (Å²) in [5, 5.41) is 8.60. The molecule has 0 saturated carbocycles. The van der Waals surface area contributed by atoms with E-state index in [2.05, 4.69) is 9.97 Å². The van der Waals surface area contributed by atoms with Gasteiger partial charge in [0, 0.05) is 36.6 Å². The second-order valence-electron chi connectivity index (χ2n) is 4.35. The molecule has 0 unspecified atom stereocenters. The molecule has 0 spiro atoms. The van der Waals surface area contributed by atoms with Crippen molar-refractivity contribution >= 4 is 12.0 Å². The second-order valence-corrected chi connectivity index (χ2v) is 4.35. The lowest BCUT2D eigenvalue weighted by Gasteiger charge is -2.21. The van der Waals surface area contributed by atoms with E-state index in [0.717, 1.165) is 43.5 Å². The van der Waals surface area contributed by atoms with Gasteiger partial charge in [0.1, 0.15) is 0 Å². The Hall–Kier alpha value is -1.75. The molecule has 1 N–H and O–H groups in total. The van der Waals surface area contributed by atoms with Crippen molar-refractivity contribution in [2.24, 2.45) is 0 Å². The highest BCUT2D eigenvalue weighted by atomic mass is 16.5. The monoisotopic (exact) mass is 248 g/mol. The minimum atomic E-state index is -0.993. The Labute approximate surface area is 106 Å². The molecule has 1 aromatic heterocycles. The predicted octanol–water partition coefficient (Wildman–Crippen LogP) is 1.78. The van der Waals surface area contributed by atoms with Crippen LogP contribution in [0.25, 0.3) is 6.08 Å². The zero-order valence-electron chi connectivity index (χ0n) is 10.3. The highest BCUT2D eigenvalue weighted by Gasteiger charge is 2.18. The summed E-state index contributed by atoms with van der Waals surface area (Å²) in [5.74, 6) is -0.149. The molecule has 0 bridgehead atoms. The predicted molar refractivity (Wildman–Crippen MR) is 66.2 cm³/mol. The van der Waals surface area contributed by atoms with Gasteiger partial charge in [0.2, 0.25) is 0 Å². The highest BCUT2D eigenvalue weighted by Crippen LogP contribution is 2.25. The lowest BCUT2D eigenvalue weighted by Crippen LogP contribution is -2.16. The first-order valence-corrected chi connectivity index (χ1v) is 5.99. The van der Waals surface area contributed by atoms with Crippen LogP contribution in [-0.4, -0.2) is 34.3 Å². The number of rotatable bonds is 3. The summed E-state index contributed by atoms with van der Waals surface area (Å²) < 4.78 is 5.33. The van der Waals surface area contributed by atoms with Crippen molar-refractivity contribution in [2.45, 2.75) is 25.7 Å². The SMILES string of the molecule is Cc1cc(C2CCOCC2)nc(/C=C/C(=O)O)n1. The Morgan fingerprint density at radius 2 is 2.17 bits per heavy atom.